The minimum absolute atomic E-state index is 0.155. The Balaban J connectivity index is 2.03. The van der Waals surface area contributed by atoms with Crippen LogP contribution in [-0.2, 0) is 10.5 Å². The van der Waals surface area contributed by atoms with Crippen LogP contribution in [0.25, 0.3) is 0 Å². The lowest BCUT2D eigenvalue weighted by molar-refractivity contribution is 0.00926. The number of nitriles is 1. The van der Waals surface area contributed by atoms with Gasteiger partial charge in [0, 0.05) is 24.4 Å². The third-order valence-electron chi connectivity index (χ3n) is 4.12. The minimum Gasteiger partial charge on any atom is -0.444 e. The summed E-state index contributed by atoms with van der Waals surface area (Å²) >= 11 is 1.83. The van der Waals surface area contributed by atoms with E-state index in [1.165, 1.54) is 15.4 Å². The molecule has 146 valence electrons. The van der Waals surface area contributed by atoms with E-state index in [1.807, 2.05) is 36.0 Å². The predicted octanol–water partition coefficient (Wildman–Crippen LogP) is 3.52. The number of thioether (sulfide) groups is 1. The second-order valence-electron chi connectivity index (χ2n) is 7.40. The lowest BCUT2D eigenvalue weighted by Gasteiger charge is -2.38. The first kappa shape index (κ1) is 21.1. The van der Waals surface area contributed by atoms with Gasteiger partial charge in [0.25, 0.3) is 5.91 Å². The van der Waals surface area contributed by atoms with Crippen molar-refractivity contribution in [3.63, 3.8) is 0 Å². The summed E-state index contributed by atoms with van der Waals surface area (Å²) < 4.78 is 5.37. The quantitative estimate of drug-likeness (QED) is 0.788. The van der Waals surface area contributed by atoms with Crippen LogP contribution in [-0.4, -0.2) is 58.8 Å². The number of rotatable bonds is 4. The largest absolute Gasteiger partial charge is 0.444 e. The summed E-state index contributed by atoms with van der Waals surface area (Å²) in [6.07, 6.45) is -0.451. The van der Waals surface area contributed by atoms with E-state index >= 15 is 0 Å². The van der Waals surface area contributed by atoms with Gasteiger partial charge in [-0.05, 0) is 44.2 Å². The molecule has 1 aromatic carbocycles. The number of hydrogen-bond donors (Lipinski definition) is 0. The maximum absolute atomic E-state index is 12.8. The van der Waals surface area contributed by atoms with E-state index in [1.54, 1.807) is 20.8 Å². The zero-order chi connectivity index (χ0) is 20.0. The van der Waals surface area contributed by atoms with Gasteiger partial charge in [-0.3, -0.25) is 4.79 Å². The number of ether oxygens (including phenoxy) is 1. The van der Waals surface area contributed by atoms with Crippen LogP contribution >= 0.6 is 11.8 Å². The van der Waals surface area contributed by atoms with Gasteiger partial charge in [-0.25, -0.2) is 4.79 Å². The lowest BCUT2D eigenvalue weighted by Crippen LogP contribution is -2.56. The van der Waals surface area contributed by atoms with Gasteiger partial charge >= 0.3 is 6.09 Å². The molecule has 0 aromatic heterocycles. The Kier molecular flexibility index (Phi) is 7.14. The van der Waals surface area contributed by atoms with Crippen LogP contribution in [0, 0.1) is 11.3 Å². The van der Waals surface area contributed by atoms with Crippen LogP contribution in [0.15, 0.2) is 24.3 Å². The normalized spacial score (nSPS) is 17.4. The van der Waals surface area contributed by atoms with Gasteiger partial charge in [-0.15, -0.1) is 0 Å². The number of piperazine rings is 1. The van der Waals surface area contributed by atoms with Gasteiger partial charge in [-0.2, -0.15) is 17.0 Å². The fourth-order valence-corrected chi connectivity index (χ4v) is 3.39. The molecule has 2 rings (SSSR count). The van der Waals surface area contributed by atoms with Crippen molar-refractivity contribution in [3.05, 3.63) is 35.4 Å². The van der Waals surface area contributed by atoms with Crippen LogP contribution in [0.3, 0.4) is 0 Å². The van der Waals surface area contributed by atoms with Crippen LogP contribution in [0.1, 0.15) is 43.6 Å². The highest BCUT2D eigenvalue weighted by atomic mass is 32.2. The molecule has 27 heavy (non-hydrogen) atoms. The zero-order valence-electron chi connectivity index (χ0n) is 16.4. The van der Waals surface area contributed by atoms with E-state index in [0.29, 0.717) is 18.7 Å². The number of hydrogen-bond acceptors (Lipinski definition) is 5. The van der Waals surface area contributed by atoms with E-state index in [0.717, 1.165) is 11.5 Å². The molecule has 1 aliphatic rings. The average Bonchev–Trinajstić information content (AvgIpc) is 2.64. The van der Waals surface area contributed by atoms with E-state index in [4.69, 9.17) is 4.74 Å². The summed E-state index contributed by atoms with van der Waals surface area (Å²) in [6.45, 7) is 8.33. The Hall–Kier alpha value is -2.20. The van der Waals surface area contributed by atoms with Gasteiger partial charge in [0.15, 0.2) is 0 Å². The van der Waals surface area contributed by atoms with Crippen LogP contribution in [0.4, 0.5) is 4.79 Å². The lowest BCUT2D eigenvalue weighted by atomic mass is 10.1. The van der Waals surface area contributed by atoms with E-state index in [9.17, 15) is 14.9 Å². The molecular weight excluding hydrogens is 362 g/mol. The Morgan fingerprint density at radius 3 is 2.48 bits per heavy atom. The number of carbonyl (C=O) groups is 2. The molecule has 1 atom stereocenters. The summed E-state index contributed by atoms with van der Waals surface area (Å²) in [7, 11) is 0. The fourth-order valence-electron chi connectivity index (χ4n) is 2.76. The number of benzene rings is 1. The van der Waals surface area contributed by atoms with E-state index in [-0.39, 0.29) is 12.5 Å². The zero-order valence-corrected chi connectivity index (χ0v) is 17.2. The SMILES string of the molecule is CCSCc1ccc(C(=O)N2CCN(C(=O)OC(C)(C)C)CC2C#N)cc1. The van der Waals surface area contributed by atoms with Gasteiger partial charge in [0.2, 0.25) is 0 Å². The Labute approximate surface area is 165 Å². The molecule has 1 saturated heterocycles. The van der Waals surface area contributed by atoms with Crippen molar-refractivity contribution in [1.82, 2.24) is 9.80 Å². The van der Waals surface area contributed by atoms with Crippen molar-refractivity contribution in [3.8, 4) is 6.07 Å². The first-order chi connectivity index (χ1) is 12.7. The maximum Gasteiger partial charge on any atom is 0.410 e. The van der Waals surface area contributed by atoms with Crippen LogP contribution < -0.4 is 0 Å². The highest BCUT2D eigenvalue weighted by Crippen LogP contribution is 2.18. The van der Waals surface area contributed by atoms with Crippen molar-refractivity contribution < 1.29 is 14.3 Å². The molecular formula is C20H27N3O3S. The summed E-state index contributed by atoms with van der Waals surface area (Å²) in [5.74, 6) is 1.78. The molecule has 0 spiro atoms. The van der Waals surface area contributed by atoms with Gasteiger partial charge in [0.05, 0.1) is 12.6 Å². The molecule has 0 saturated carbocycles. The maximum atomic E-state index is 12.8. The van der Waals surface area contributed by atoms with Crippen molar-refractivity contribution >= 4 is 23.8 Å². The van der Waals surface area contributed by atoms with E-state index in [2.05, 4.69) is 13.0 Å². The number of amides is 2. The molecule has 1 unspecified atom stereocenters. The topological polar surface area (TPSA) is 73.6 Å². The van der Waals surface area contributed by atoms with Crippen molar-refractivity contribution in [2.75, 3.05) is 25.4 Å². The third-order valence-corrected chi connectivity index (χ3v) is 5.06. The van der Waals surface area contributed by atoms with Gasteiger partial charge in [0.1, 0.15) is 11.6 Å². The monoisotopic (exact) mass is 389 g/mol. The fraction of sp³-hybridized carbons (Fsp3) is 0.550. The molecule has 0 bridgehead atoms. The average molecular weight is 390 g/mol. The second-order valence-corrected chi connectivity index (χ2v) is 8.68. The smallest absolute Gasteiger partial charge is 0.410 e. The molecule has 1 aromatic rings. The molecule has 1 fully saturated rings. The number of carbonyl (C=O) groups excluding carboxylic acids is 2. The molecule has 0 aliphatic carbocycles. The highest BCUT2D eigenvalue weighted by molar-refractivity contribution is 7.98. The van der Waals surface area contributed by atoms with Gasteiger partial charge < -0.3 is 14.5 Å². The third kappa shape index (κ3) is 5.90. The Morgan fingerprint density at radius 2 is 1.93 bits per heavy atom. The molecule has 0 N–H and O–H groups in total. The summed E-state index contributed by atoms with van der Waals surface area (Å²) in [5.41, 5.74) is 1.14. The van der Waals surface area contributed by atoms with E-state index < -0.39 is 17.7 Å². The molecule has 2 amide bonds. The van der Waals surface area contributed by atoms with Gasteiger partial charge in [-0.1, -0.05) is 19.1 Å². The summed E-state index contributed by atoms with van der Waals surface area (Å²) in [5, 5.41) is 9.51. The predicted molar refractivity (Wildman–Crippen MR) is 107 cm³/mol. The number of nitrogens with zero attached hydrogens (tertiary/aromatic N) is 3. The van der Waals surface area contributed by atoms with Crippen LogP contribution in [0.5, 0.6) is 0 Å². The van der Waals surface area contributed by atoms with Crippen molar-refractivity contribution in [2.45, 2.75) is 45.1 Å². The summed E-state index contributed by atoms with van der Waals surface area (Å²) in [6, 6.07) is 8.98. The first-order valence-electron chi connectivity index (χ1n) is 9.10. The minimum atomic E-state index is -0.686. The molecule has 0 radical (unpaired) electrons. The Morgan fingerprint density at radius 1 is 1.26 bits per heavy atom. The van der Waals surface area contributed by atoms with Crippen molar-refractivity contribution in [1.29, 1.82) is 5.26 Å². The first-order valence-corrected chi connectivity index (χ1v) is 10.3. The molecule has 1 heterocycles. The van der Waals surface area contributed by atoms with Crippen molar-refractivity contribution in [2.24, 2.45) is 0 Å². The second kappa shape index (κ2) is 9.14. The van der Waals surface area contributed by atoms with Crippen LogP contribution in [0.2, 0.25) is 0 Å². The highest BCUT2D eigenvalue weighted by Gasteiger charge is 2.34. The summed E-state index contributed by atoms with van der Waals surface area (Å²) in [4.78, 5) is 28.1. The Bertz CT molecular complexity index is 707. The molecule has 6 nitrogen and oxygen atoms in total. The standard InChI is InChI=1S/C20H27N3O3S/c1-5-27-14-15-6-8-16(9-7-15)18(24)23-11-10-22(13-17(23)12-21)19(25)26-20(2,3)4/h6-9,17H,5,10-11,13-14H2,1-4H3. The molecule has 7 heteroatoms. The molecule has 1 aliphatic heterocycles.